The van der Waals surface area contributed by atoms with Gasteiger partial charge in [-0.1, -0.05) is 6.07 Å². The van der Waals surface area contributed by atoms with Crippen LogP contribution in [0.3, 0.4) is 0 Å². The maximum Gasteiger partial charge on any atom is 0.152 e. The molecule has 0 spiro atoms. The lowest BCUT2D eigenvalue weighted by Gasteiger charge is -2.13. The number of aryl methyl sites for hydroxylation is 2. The van der Waals surface area contributed by atoms with Crippen LogP contribution in [0.1, 0.15) is 17.5 Å². The van der Waals surface area contributed by atoms with Crippen LogP contribution in [0, 0.1) is 13.8 Å². The average Bonchev–Trinajstić information content (AvgIpc) is 2.52. The van der Waals surface area contributed by atoms with E-state index in [9.17, 15) is 8.42 Å². The molecule has 0 amide bonds. The number of hydrogen-bond acceptors (Lipinski definition) is 3. The number of hydrogen-bond donors (Lipinski definition) is 1. The Hall–Kier alpha value is -1.03. The fraction of sp³-hybridized carbons (Fsp3) is 0.500. The van der Waals surface area contributed by atoms with Gasteiger partial charge in [0.15, 0.2) is 9.84 Å². The van der Waals surface area contributed by atoms with E-state index in [0.717, 1.165) is 12.1 Å². The molecule has 1 aromatic carbocycles. The predicted octanol–water partition coefficient (Wildman–Crippen LogP) is 1.90. The highest BCUT2D eigenvalue weighted by molar-refractivity contribution is 7.91. The Morgan fingerprint density at radius 3 is 2.56 bits per heavy atom. The van der Waals surface area contributed by atoms with Gasteiger partial charge < -0.3 is 5.32 Å². The van der Waals surface area contributed by atoms with Crippen LogP contribution >= 0.6 is 0 Å². The van der Waals surface area contributed by atoms with Crippen LogP contribution in [0.25, 0.3) is 0 Å². The molecule has 0 radical (unpaired) electrons. The average molecular weight is 239 g/mol. The minimum Gasteiger partial charge on any atom is -0.381 e. The van der Waals surface area contributed by atoms with Gasteiger partial charge in [0.05, 0.1) is 11.5 Å². The highest BCUT2D eigenvalue weighted by atomic mass is 32.2. The molecule has 1 aliphatic heterocycles. The molecule has 1 atom stereocenters. The van der Waals surface area contributed by atoms with E-state index in [-0.39, 0.29) is 11.8 Å². The van der Waals surface area contributed by atoms with Crippen molar-refractivity contribution >= 4 is 15.5 Å². The molecule has 0 unspecified atom stereocenters. The summed E-state index contributed by atoms with van der Waals surface area (Å²) >= 11 is 0. The van der Waals surface area contributed by atoms with Gasteiger partial charge >= 0.3 is 0 Å². The molecule has 1 saturated heterocycles. The Balaban J connectivity index is 2.08. The van der Waals surface area contributed by atoms with Crippen molar-refractivity contribution in [1.82, 2.24) is 0 Å². The number of anilines is 1. The molecule has 88 valence electrons. The lowest BCUT2D eigenvalue weighted by Crippen LogP contribution is -2.20. The third kappa shape index (κ3) is 2.55. The summed E-state index contributed by atoms with van der Waals surface area (Å²) in [5.41, 5.74) is 3.50. The van der Waals surface area contributed by atoms with Gasteiger partial charge in [0, 0.05) is 11.7 Å². The van der Waals surface area contributed by atoms with Gasteiger partial charge in [0.25, 0.3) is 0 Å². The zero-order chi connectivity index (χ0) is 11.8. The monoisotopic (exact) mass is 239 g/mol. The highest BCUT2D eigenvalue weighted by Gasteiger charge is 2.27. The summed E-state index contributed by atoms with van der Waals surface area (Å²) in [7, 11) is -2.80. The van der Waals surface area contributed by atoms with Crippen molar-refractivity contribution in [2.75, 3.05) is 16.8 Å². The fourth-order valence-electron chi connectivity index (χ4n) is 1.98. The number of sulfone groups is 1. The van der Waals surface area contributed by atoms with Crippen molar-refractivity contribution in [1.29, 1.82) is 0 Å². The van der Waals surface area contributed by atoms with Crippen LogP contribution in [0.5, 0.6) is 0 Å². The molecule has 0 aliphatic carbocycles. The molecule has 16 heavy (non-hydrogen) atoms. The van der Waals surface area contributed by atoms with Crippen LogP contribution in [0.2, 0.25) is 0 Å². The van der Waals surface area contributed by atoms with E-state index in [1.165, 1.54) is 11.1 Å². The zero-order valence-electron chi connectivity index (χ0n) is 9.66. The Morgan fingerprint density at radius 1 is 1.25 bits per heavy atom. The number of benzene rings is 1. The van der Waals surface area contributed by atoms with Gasteiger partial charge in [-0.2, -0.15) is 0 Å². The summed E-state index contributed by atoms with van der Waals surface area (Å²) in [6.07, 6.45) is 0.718. The van der Waals surface area contributed by atoms with Crippen LogP contribution in [-0.2, 0) is 9.84 Å². The molecule has 0 bridgehead atoms. The van der Waals surface area contributed by atoms with Crippen molar-refractivity contribution < 1.29 is 8.42 Å². The quantitative estimate of drug-likeness (QED) is 0.857. The van der Waals surface area contributed by atoms with E-state index >= 15 is 0 Å². The van der Waals surface area contributed by atoms with Crippen LogP contribution in [-0.4, -0.2) is 26.0 Å². The van der Waals surface area contributed by atoms with Crippen molar-refractivity contribution in [3.8, 4) is 0 Å². The minimum absolute atomic E-state index is 0.0760. The minimum atomic E-state index is -2.80. The lowest BCUT2D eigenvalue weighted by atomic mass is 10.1. The molecule has 2 rings (SSSR count). The first-order valence-electron chi connectivity index (χ1n) is 5.50. The summed E-state index contributed by atoms with van der Waals surface area (Å²) in [4.78, 5) is 0. The predicted molar refractivity (Wildman–Crippen MR) is 66.6 cm³/mol. The Kier molecular flexibility index (Phi) is 2.93. The summed E-state index contributed by atoms with van der Waals surface area (Å²) < 4.78 is 22.6. The van der Waals surface area contributed by atoms with Crippen LogP contribution in [0.4, 0.5) is 5.69 Å². The summed E-state index contributed by atoms with van der Waals surface area (Å²) in [6.45, 7) is 4.13. The van der Waals surface area contributed by atoms with Crippen molar-refractivity contribution in [2.24, 2.45) is 0 Å². The smallest absolute Gasteiger partial charge is 0.152 e. The Morgan fingerprint density at radius 2 is 2.00 bits per heavy atom. The Bertz CT molecular complexity index is 494. The van der Waals surface area contributed by atoms with Gasteiger partial charge in [-0.15, -0.1) is 0 Å². The summed E-state index contributed by atoms with van der Waals surface area (Å²) in [5, 5.41) is 3.29. The molecule has 4 heteroatoms. The van der Waals surface area contributed by atoms with E-state index in [4.69, 9.17) is 0 Å². The summed E-state index contributed by atoms with van der Waals surface area (Å²) in [5.74, 6) is 0.579. The van der Waals surface area contributed by atoms with Crippen molar-refractivity contribution in [2.45, 2.75) is 26.3 Å². The molecule has 1 N–H and O–H groups in total. The second-order valence-electron chi connectivity index (χ2n) is 4.54. The Labute approximate surface area is 96.8 Å². The third-order valence-corrected chi connectivity index (χ3v) is 4.88. The van der Waals surface area contributed by atoms with Crippen molar-refractivity contribution in [3.63, 3.8) is 0 Å². The van der Waals surface area contributed by atoms with Gasteiger partial charge in [0.1, 0.15) is 0 Å². The number of rotatable bonds is 2. The second kappa shape index (κ2) is 4.09. The SMILES string of the molecule is Cc1ccc(N[C@H]2CCS(=O)(=O)C2)cc1C. The van der Waals surface area contributed by atoms with Crippen LogP contribution in [0.15, 0.2) is 18.2 Å². The molecule has 1 aromatic rings. The lowest BCUT2D eigenvalue weighted by molar-refractivity contribution is 0.602. The van der Waals surface area contributed by atoms with Gasteiger partial charge in [-0.25, -0.2) is 8.42 Å². The molecular formula is C12H17NO2S. The molecule has 1 heterocycles. The topological polar surface area (TPSA) is 46.2 Å². The van der Waals surface area contributed by atoms with Gasteiger partial charge in [-0.05, 0) is 43.5 Å². The van der Waals surface area contributed by atoms with E-state index in [0.29, 0.717) is 5.75 Å². The largest absolute Gasteiger partial charge is 0.381 e. The molecule has 1 fully saturated rings. The van der Waals surface area contributed by atoms with E-state index in [2.05, 4.69) is 31.3 Å². The van der Waals surface area contributed by atoms with E-state index < -0.39 is 9.84 Å². The first kappa shape index (κ1) is 11.5. The van der Waals surface area contributed by atoms with E-state index in [1.54, 1.807) is 0 Å². The molecule has 0 saturated carbocycles. The number of nitrogens with one attached hydrogen (secondary N) is 1. The van der Waals surface area contributed by atoms with Gasteiger partial charge in [-0.3, -0.25) is 0 Å². The first-order chi connectivity index (χ1) is 7.46. The maximum absolute atomic E-state index is 11.3. The maximum atomic E-state index is 11.3. The van der Waals surface area contributed by atoms with Gasteiger partial charge in [0.2, 0.25) is 0 Å². The van der Waals surface area contributed by atoms with Crippen LogP contribution < -0.4 is 5.32 Å². The molecule has 0 aromatic heterocycles. The first-order valence-corrected chi connectivity index (χ1v) is 7.33. The van der Waals surface area contributed by atoms with Crippen molar-refractivity contribution in [3.05, 3.63) is 29.3 Å². The summed E-state index contributed by atoms with van der Waals surface area (Å²) in [6, 6.07) is 6.21. The second-order valence-corrected chi connectivity index (χ2v) is 6.77. The molecular weight excluding hydrogens is 222 g/mol. The molecule has 3 nitrogen and oxygen atoms in total. The standard InChI is InChI=1S/C12H17NO2S/c1-9-3-4-11(7-10(9)2)13-12-5-6-16(14,15)8-12/h3-4,7,12-13H,5-6,8H2,1-2H3/t12-/m0/s1. The fourth-order valence-corrected chi connectivity index (χ4v) is 3.65. The normalized spacial score (nSPS) is 23.2. The third-order valence-electron chi connectivity index (χ3n) is 3.11. The zero-order valence-corrected chi connectivity index (χ0v) is 10.5. The molecule has 1 aliphatic rings. The van der Waals surface area contributed by atoms with E-state index in [1.807, 2.05) is 6.07 Å². The highest BCUT2D eigenvalue weighted by Crippen LogP contribution is 2.19.